The fourth-order valence-corrected chi connectivity index (χ4v) is 7.51. The molecule has 1 aromatic heterocycles. The quantitative estimate of drug-likeness (QED) is 0.288. The van der Waals surface area contributed by atoms with Crippen LogP contribution in [0.3, 0.4) is 0 Å². The highest BCUT2D eigenvalue weighted by atomic mass is 32.1. The van der Waals surface area contributed by atoms with Crippen LogP contribution < -0.4 is 0 Å². The number of hydrogen-bond acceptors (Lipinski definition) is 7. The van der Waals surface area contributed by atoms with E-state index in [-0.39, 0.29) is 47.6 Å². The second-order valence-corrected chi connectivity index (χ2v) is 13.7. The van der Waals surface area contributed by atoms with Crippen LogP contribution in [-0.2, 0) is 23.4 Å². The highest BCUT2D eigenvalue weighted by molar-refractivity contribution is 7.10. The molecule has 0 N–H and O–H groups in total. The van der Waals surface area contributed by atoms with Crippen molar-refractivity contribution in [3.8, 4) is 0 Å². The number of Topliss-reactive ketones (excluding diaryl/α,β-unsaturated/α-hetero) is 1. The van der Waals surface area contributed by atoms with Crippen LogP contribution in [0.25, 0.3) is 6.08 Å². The van der Waals surface area contributed by atoms with Crippen LogP contribution in [0.2, 0.25) is 0 Å². The summed E-state index contributed by atoms with van der Waals surface area (Å²) in [5, 5.41) is 3.03. The van der Waals surface area contributed by atoms with Gasteiger partial charge in [-0.25, -0.2) is 4.98 Å². The van der Waals surface area contributed by atoms with Crippen LogP contribution in [0, 0.1) is 35.5 Å². The Morgan fingerprint density at radius 3 is 2.51 bits per heavy atom. The topological polar surface area (TPSA) is 74.7 Å². The lowest BCUT2D eigenvalue weighted by molar-refractivity contribution is -0.153. The van der Waals surface area contributed by atoms with E-state index in [1.54, 1.807) is 11.3 Å². The first-order valence-electron chi connectivity index (χ1n) is 13.4. The molecule has 1 aromatic rings. The number of rotatable bonds is 4. The van der Waals surface area contributed by atoms with E-state index in [1.807, 2.05) is 46.1 Å². The lowest BCUT2D eigenvalue weighted by atomic mass is 9.73. The summed E-state index contributed by atoms with van der Waals surface area (Å²) in [6.45, 7) is 14.2. The number of carbonyl (C=O) groups is 2. The molecule has 0 radical (unpaired) electrons. The van der Waals surface area contributed by atoms with Crippen molar-refractivity contribution >= 4 is 48.1 Å². The molecular formula is C28H45NO5P2S. The van der Waals surface area contributed by atoms with Crippen LogP contribution in [0.15, 0.2) is 11.0 Å². The first-order valence-corrected chi connectivity index (χ1v) is 15.2. The largest absolute Gasteiger partial charge is 0.458 e. The van der Waals surface area contributed by atoms with E-state index in [4.69, 9.17) is 13.8 Å². The van der Waals surface area contributed by atoms with E-state index in [9.17, 15) is 9.59 Å². The highest BCUT2D eigenvalue weighted by Gasteiger charge is 2.51. The van der Waals surface area contributed by atoms with Crippen molar-refractivity contribution in [2.75, 3.05) is 0 Å². The van der Waals surface area contributed by atoms with Crippen molar-refractivity contribution in [1.82, 2.24) is 4.98 Å². The third kappa shape index (κ3) is 7.48. The maximum absolute atomic E-state index is 13.7. The van der Waals surface area contributed by atoms with Crippen molar-refractivity contribution in [2.24, 2.45) is 28.6 Å². The number of fused-ring (bicyclic) bond motifs is 1. The van der Waals surface area contributed by atoms with Gasteiger partial charge in [-0.3, -0.25) is 9.59 Å². The smallest absolute Gasteiger partial charge is 0.309 e. The Kier molecular flexibility index (Phi) is 10.5. The molecule has 37 heavy (non-hydrogen) atoms. The third-order valence-electron chi connectivity index (χ3n) is 8.82. The summed E-state index contributed by atoms with van der Waals surface area (Å²) >= 11 is 1.61. The molecule has 6 nitrogen and oxygen atoms in total. The monoisotopic (exact) mass is 569 g/mol. The fourth-order valence-electron chi connectivity index (χ4n) is 6.00. The van der Waals surface area contributed by atoms with E-state index in [2.05, 4.69) is 37.8 Å². The minimum absolute atomic E-state index is 0.00155. The highest BCUT2D eigenvalue weighted by Crippen LogP contribution is 2.58. The average molecular weight is 570 g/mol. The van der Waals surface area contributed by atoms with Crippen molar-refractivity contribution in [1.29, 1.82) is 0 Å². The van der Waals surface area contributed by atoms with Gasteiger partial charge < -0.3 is 13.8 Å². The van der Waals surface area contributed by atoms with Gasteiger partial charge in [-0.1, -0.05) is 41.0 Å². The Morgan fingerprint density at radius 2 is 1.92 bits per heavy atom. The summed E-state index contributed by atoms with van der Waals surface area (Å²) in [6.07, 6.45) is 6.00. The number of aromatic nitrogens is 1. The molecule has 1 saturated carbocycles. The zero-order valence-corrected chi connectivity index (χ0v) is 26.5. The molecule has 3 rings (SSSR count). The summed E-state index contributed by atoms with van der Waals surface area (Å²) < 4.78 is 17.6. The molecule has 0 bridgehead atoms. The summed E-state index contributed by atoms with van der Waals surface area (Å²) in [6, 6.07) is 0. The van der Waals surface area contributed by atoms with Gasteiger partial charge >= 0.3 is 5.97 Å². The minimum atomic E-state index is -0.897. The molecule has 2 fully saturated rings. The Balaban J connectivity index is 1.90. The first kappa shape index (κ1) is 30.8. The molecule has 0 amide bonds. The molecule has 9 unspecified atom stereocenters. The number of carbonyl (C=O) groups excluding carboxylic acids is 2. The first-order chi connectivity index (χ1) is 17.3. The number of esters is 1. The van der Waals surface area contributed by atoms with Gasteiger partial charge in [0.05, 0.1) is 34.7 Å². The van der Waals surface area contributed by atoms with E-state index in [1.165, 1.54) is 0 Å². The van der Waals surface area contributed by atoms with Crippen molar-refractivity contribution in [2.45, 2.75) is 105 Å². The number of ether oxygens (including phenoxy) is 1. The van der Waals surface area contributed by atoms with E-state index in [0.29, 0.717) is 5.92 Å². The van der Waals surface area contributed by atoms with Gasteiger partial charge in [0.1, 0.15) is 11.9 Å². The maximum Gasteiger partial charge on any atom is 0.309 e. The van der Waals surface area contributed by atoms with Gasteiger partial charge in [-0.05, 0) is 68.4 Å². The van der Waals surface area contributed by atoms with Crippen LogP contribution in [0.1, 0.15) is 90.8 Å². The Morgan fingerprint density at radius 1 is 1.22 bits per heavy atom. The molecule has 1 aliphatic heterocycles. The van der Waals surface area contributed by atoms with Gasteiger partial charge in [0, 0.05) is 30.2 Å². The molecule has 9 atom stereocenters. The van der Waals surface area contributed by atoms with E-state index in [0.717, 1.165) is 48.4 Å². The summed E-state index contributed by atoms with van der Waals surface area (Å²) in [5.74, 6) is 0.0851. The van der Waals surface area contributed by atoms with E-state index >= 15 is 0 Å². The lowest BCUT2D eigenvalue weighted by Crippen LogP contribution is -2.46. The molecule has 2 heterocycles. The number of nitrogens with zero attached hydrogens (tertiary/aromatic N) is 1. The molecular weight excluding hydrogens is 524 g/mol. The number of cyclic esters (lactones) is 1. The minimum Gasteiger partial charge on any atom is -0.458 e. The lowest BCUT2D eigenvalue weighted by Gasteiger charge is -2.37. The third-order valence-corrected chi connectivity index (χ3v) is 10.3. The normalized spacial score (nSPS) is 36.1. The number of ketones is 1. The number of hydrogen-bond donors (Lipinski definition) is 0. The van der Waals surface area contributed by atoms with E-state index < -0.39 is 11.5 Å². The van der Waals surface area contributed by atoms with Crippen molar-refractivity contribution < 1.29 is 23.4 Å². The van der Waals surface area contributed by atoms with Gasteiger partial charge in [-0.15, -0.1) is 11.3 Å². The number of aryl methyl sites for hydroxylation is 1. The van der Waals surface area contributed by atoms with Crippen LogP contribution in [-0.4, -0.2) is 35.0 Å². The SMILES string of the molecule is C/C(=C\c1csc(C)n1)C1CC2CC2(C)CCCC(C)C(OP)C(C)C(=O)C(C)(C)C(OP)CC(=O)O1. The molecule has 208 valence electrons. The molecule has 0 spiro atoms. The summed E-state index contributed by atoms with van der Waals surface area (Å²) in [7, 11) is 4.60. The zero-order chi connectivity index (χ0) is 27.5. The fraction of sp³-hybridized carbons (Fsp3) is 0.750. The van der Waals surface area contributed by atoms with Crippen molar-refractivity contribution in [3.05, 3.63) is 21.7 Å². The standard InChI is InChI=1S/C28H45NO5P2S/c1-16-9-8-10-28(7)14-20(28)12-22(17(2)11-21-15-37-19(4)29-21)32-24(30)13-23(33-35)27(5,6)26(31)18(3)25(16)34-36/h11,15-16,18,20,22-23,25H,8-10,12-14,35-36H2,1-7H3/b17-11+. The van der Waals surface area contributed by atoms with Crippen LogP contribution in [0.4, 0.5) is 0 Å². The van der Waals surface area contributed by atoms with Crippen LogP contribution >= 0.6 is 30.3 Å². The molecule has 0 aromatic carbocycles. The molecule has 2 aliphatic rings. The average Bonchev–Trinajstić information content (AvgIpc) is 3.27. The molecule has 1 saturated heterocycles. The van der Waals surface area contributed by atoms with Gasteiger partial charge in [0.15, 0.2) is 0 Å². The maximum atomic E-state index is 13.7. The predicted octanol–water partition coefficient (Wildman–Crippen LogP) is 6.98. The van der Waals surface area contributed by atoms with Gasteiger partial charge in [0.25, 0.3) is 0 Å². The van der Waals surface area contributed by atoms with Crippen LogP contribution in [0.5, 0.6) is 0 Å². The Labute approximate surface area is 231 Å². The van der Waals surface area contributed by atoms with Crippen molar-refractivity contribution in [3.63, 3.8) is 0 Å². The summed E-state index contributed by atoms with van der Waals surface area (Å²) in [4.78, 5) is 31.5. The molecule has 1 aliphatic carbocycles. The van der Waals surface area contributed by atoms with Gasteiger partial charge in [-0.2, -0.15) is 0 Å². The second kappa shape index (κ2) is 12.6. The summed E-state index contributed by atoms with van der Waals surface area (Å²) in [5.41, 5.74) is 1.25. The molecule has 9 heteroatoms. The second-order valence-electron chi connectivity index (χ2n) is 12.1. The predicted molar refractivity (Wildman–Crippen MR) is 156 cm³/mol. The Bertz CT molecular complexity index is 995. The zero-order valence-electron chi connectivity index (χ0n) is 23.4. The Hall–Kier alpha value is -0.710. The van der Waals surface area contributed by atoms with Gasteiger partial charge in [0.2, 0.25) is 0 Å². The number of thiazole rings is 1.